The number of aromatic amines is 2. The highest BCUT2D eigenvalue weighted by Gasteiger charge is 2.35. The fourth-order valence-corrected chi connectivity index (χ4v) is 6.87. The number of nitrogens with zero attached hydrogens (tertiary/aromatic N) is 3. The van der Waals surface area contributed by atoms with Crippen molar-refractivity contribution < 1.29 is 38.0 Å². The van der Waals surface area contributed by atoms with E-state index in [1.165, 1.54) is 0 Å². The molecule has 2 aromatic carbocycles. The summed E-state index contributed by atoms with van der Waals surface area (Å²) in [6.45, 7) is 15.0. The number of aromatic nitrogens is 4. The standard InChI is InChI=1S/C43H59N5O8/c1-6-7-9-30(2)40-44-28-35(46-40)33-13-11-31-26-38(33)54-24-22-52-20-18-50-16-17-51-19-21-53-23-25-55-39-27-32(31)12-14-34(39)36-29-45-41(47-36)37-10-8-15-48(37)42(49)56-43(3,4)5/h11-14,26-30,37H,6-10,15-25H2,1-5H3,(H,44,46)(H,45,47)/t30-,37-/m0/s1. The number of likely N-dealkylation sites (tertiary alicyclic amines) is 1. The first-order chi connectivity index (χ1) is 27.2. The number of fused-ring (bicyclic) bond motifs is 5. The summed E-state index contributed by atoms with van der Waals surface area (Å²) in [7, 11) is 0. The van der Waals surface area contributed by atoms with Crippen LogP contribution in [-0.4, -0.2) is 109 Å². The zero-order valence-corrected chi connectivity index (χ0v) is 33.7. The van der Waals surface area contributed by atoms with Crippen LogP contribution in [0.4, 0.5) is 4.79 Å². The summed E-state index contributed by atoms with van der Waals surface area (Å²) in [6.07, 6.45) is 8.43. The molecule has 2 aromatic heterocycles. The molecule has 1 saturated heterocycles. The molecule has 2 atom stereocenters. The molecule has 2 N–H and O–H groups in total. The second kappa shape index (κ2) is 20.1. The van der Waals surface area contributed by atoms with E-state index in [0.29, 0.717) is 84.3 Å². The topological polar surface area (TPSA) is 142 Å². The molecule has 4 aromatic rings. The number of H-pyrrole nitrogens is 2. The third kappa shape index (κ3) is 11.3. The van der Waals surface area contributed by atoms with Gasteiger partial charge in [0.2, 0.25) is 0 Å². The number of hydrogen-bond donors (Lipinski definition) is 2. The van der Waals surface area contributed by atoms with Gasteiger partial charge in [-0.25, -0.2) is 14.8 Å². The Morgan fingerprint density at radius 1 is 0.804 bits per heavy atom. The molecule has 56 heavy (non-hydrogen) atoms. The number of carbonyl (C=O) groups excluding carboxylic acids is 1. The average molecular weight is 774 g/mol. The Bertz CT molecular complexity index is 1830. The molecule has 0 radical (unpaired) electrons. The first kappa shape index (κ1) is 41.2. The van der Waals surface area contributed by atoms with E-state index in [-0.39, 0.29) is 12.1 Å². The van der Waals surface area contributed by atoms with Crippen molar-refractivity contribution in [3.63, 3.8) is 0 Å². The number of amides is 1. The van der Waals surface area contributed by atoms with Gasteiger partial charge in [0.05, 0.1) is 82.7 Å². The number of carbonyl (C=O) groups is 1. The predicted molar refractivity (Wildman–Crippen MR) is 214 cm³/mol. The number of unbranched alkanes of at least 4 members (excludes halogenated alkanes) is 1. The van der Waals surface area contributed by atoms with Gasteiger partial charge in [-0.3, -0.25) is 4.90 Å². The molecule has 6 rings (SSSR count). The minimum Gasteiger partial charge on any atom is -0.490 e. The van der Waals surface area contributed by atoms with Crippen molar-refractivity contribution in [3.8, 4) is 45.1 Å². The van der Waals surface area contributed by atoms with Crippen molar-refractivity contribution in [3.05, 3.63) is 60.4 Å². The quantitative estimate of drug-likeness (QED) is 0.188. The SMILES string of the molecule is CCCC[C@H](C)c1ncc(-c2ccc3cc2OCCOCCOCCOCCOCCOc2cc-3ccc2-c2cnc([C@@H]3CCCN3C(=O)OC(C)(C)C)[nH]2)[nH]1. The Labute approximate surface area is 330 Å². The molecule has 0 spiro atoms. The predicted octanol–water partition coefficient (Wildman–Crippen LogP) is 8.34. The number of imidazole rings is 2. The van der Waals surface area contributed by atoms with E-state index >= 15 is 0 Å². The second-order valence-electron chi connectivity index (χ2n) is 15.3. The number of benzene rings is 2. The van der Waals surface area contributed by atoms with Crippen LogP contribution in [0.1, 0.15) is 90.3 Å². The lowest BCUT2D eigenvalue weighted by Crippen LogP contribution is -2.36. The van der Waals surface area contributed by atoms with Gasteiger partial charge < -0.3 is 43.1 Å². The van der Waals surface area contributed by atoms with Crippen molar-refractivity contribution in [2.24, 2.45) is 0 Å². The maximum Gasteiger partial charge on any atom is 0.410 e. The highest BCUT2D eigenvalue weighted by molar-refractivity contribution is 5.78. The molecule has 1 fully saturated rings. The van der Waals surface area contributed by atoms with Gasteiger partial charge in [-0.1, -0.05) is 38.8 Å². The summed E-state index contributed by atoms with van der Waals surface area (Å²) >= 11 is 0. The smallest absolute Gasteiger partial charge is 0.410 e. The van der Waals surface area contributed by atoms with E-state index in [4.69, 9.17) is 43.1 Å². The molecule has 1 amide bonds. The minimum atomic E-state index is -0.581. The Morgan fingerprint density at radius 3 is 1.89 bits per heavy atom. The molecule has 13 heteroatoms. The largest absolute Gasteiger partial charge is 0.490 e. The van der Waals surface area contributed by atoms with Gasteiger partial charge in [0.25, 0.3) is 0 Å². The van der Waals surface area contributed by atoms with E-state index in [9.17, 15) is 4.79 Å². The zero-order valence-electron chi connectivity index (χ0n) is 33.7. The molecule has 4 heterocycles. The van der Waals surface area contributed by atoms with Crippen LogP contribution in [0.25, 0.3) is 33.6 Å². The van der Waals surface area contributed by atoms with Crippen molar-refractivity contribution in [2.45, 2.75) is 84.3 Å². The molecule has 13 nitrogen and oxygen atoms in total. The minimum absolute atomic E-state index is 0.203. The lowest BCUT2D eigenvalue weighted by molar-refractivity contribution is -0.00696. The zero-order chi connectivity index (χ0) is 39.3. The number of rotatable bonds is 7. The Balaban J connectivity index is 1.29. The lowest BCUT2D eigenvalue weighted by atomic mass is 9.99. The Kier molecular flexibility index (Phi) is 14.8. The molecular weight excluding hydrogens is 714 g/mol. The van der Waals surface area contributed by atoms with Crippen LogP contribution in [0.5, 0.6) is 11.5 Å². The van der Waals surface area contributed by atoms with Crippen LogP contribution >= 0.6 is 0 Å². The highest BCUT2D eigenvalue weighted by Crippen LogP contribution is 2.39. The van der Waals surface area contributed by atoms with Gasteiger partial charge in [0, 0.05) is 23.6 Å². The summed E-state index contributed by atoms with van der Waals surface area (Å²) in [5.74, 6) is 3.42. The number of hydrogen-bond acceptors (Lipinski definition) is 10. The molecular formula is C43H59N5O8. The molecule has 2 aliphatic rings. The first-order valence-electron chi connectivity index (χ1n) is 20.2. The van der Waals surface area contributed by atoms with Gasteiger partial charge in [-0.15, -0.1) is 0 Å². The van der Waals surface area contributed by atoms with Crippen LogP contribution in [0.15, 0.2) is 48.8 Å². The molecule has 304 valence electrons. The summed E-state index contributed by atoms with van der Waals surface area (Å²) in [6, 6.07) is 12.2. The molecule has 2 aliphatic heterocycles. The number of ether oxygens (including phenoxy) is 7. The van der Waals surface area contributed by atoms with E-state index in [1.54, 1.807) is 11.1 Å². The monoisotopic (exact) mass is 773 g/mol. The van der Waals surface area contributed by atoms with Gasteiger partial charge in [-0.05, 0) is 75.4 Å². The highest BCUT2D eigenvalue weighted by atomic mass is 16.6. The lowest BCUT2D eigenvalue weighted by Gasteiger charge is -2.27. The van der Waals surface area contributed by atoms with Crippen molar-refractivity contribution in [1.29, 1.82) is 0 Å². The van der Waals surface area contributed by atoms with E-state index < -0.39 is 5.60 Å². The third-order valence-electron chi connectivity index (χ3n) is 9.81. The van der Waals surface area contributed by atoms with Crippen LogP contribution in [0.2, 0.25) is 0 Å². The fourth-order valence-electron chi connectivity index (χ4n) is 6.87. The van der Waals surface area contributed by atoms with Crippen LogP contribution in [0, 0.1) is 0 Å². The Hall–Kier alpha value is -4.43. The summed E-state index contributed by atoms with van der Waals surface area (Å²) in [5.41, 5.74) is 4.81. The maximum absolute atomic E-state index is 13.1. The first-order valence-corrected chi connectivity index (χ1v) is 20.2. The summed E-state index contributed by atoms with van der Waals surface area (Å²) in [5, 5.41) is 0. The normalized spacial score (nSPS) is 18.6. The van der Waals surface area contributed by atoms with Crippen molar-refractivity contribution >= 4 is 6.09 Å². The maximum atomic E-state index is 13.1. The van der Waals surface area contributed by atoms with Crippen LogP contribution in [0.3, 0.4) is 0 Å². The molecule has 0 unspecified atom stereocenters. The Morgan fingerprint density at radius 2 is 1.34 bits per heavy atom. The van der Waals surface area contributed by atoms with E-state index in [0.717, 1.165) is 83.1 Å². The van der Waals surface area contributed by atoms with Crippen molar-refractivity contribution in [1.82, 2.24) is 24.8 Å². The van der Waals surface area contributed by atoms with Gasteiger partial charge in [-0.2, -0.15) is 0 Å². The summed E-state index contributed by atoms with van der Waals surface area (Å²) in [4.78, 5) is 31.4. The van der Waals surface area contributed by atoms with E-state index in [1.807, 2.05) is 39.1 Å². The molecule has 0 aliphatic carbocycles. The fraction of sp³-hybridized carbons (Fsp3) is 0.558. The van der Waals surface area contributed by atoms with Gasteiger partial charge in [0.15, 0.2) is 0 Å². The van der Waals surface area contributed by atoms with Gasteiger partial charge >= 0.3 is 6.09 Å². The van der Waals surface area contributed by atoms with Crippen molar-refractivity contribution in [2.75, 3.05) is 72.6 Å². The average Bonchev–Trinajstić information content (AvgIpc) is 3.98. The van der Waals surface area contributed by atoms with Crippen LogP contribution in [-0.2, 0) is 23.7 Å². The van der Waals surface area contributed by atoms with Gasteiger partial charge in [0.1, 0.15) is 42.0 Å². The molecule has 0 saturated carbocycles. The van der Waals surface area contributed by atoms with Crippen LogP contribution < -0.4 is 9.47 Å². The number of nitrogens with one attached hydrogen (secondary N) is 2. The third-order valence-corrected chi connectivity index (χ3v) is 9.81. The summed E-state index contributed by atoms with van der Waals surface area (Å²) < 4.78 is 41.5. The molecule has 4 bridgehead atoms. The van der Waals surface area contributed by atoms with E-state index in [2.05, 4.69) is 48.1 Å². The second-order valence-corrected chi connectivity index (χ2v) is 15.3.